The molecule has 3 aromatic rings. The molecular weight excluding hydrogens is 282 g/mol. The third kappa shape index (κ3) is 3.23. The van der Waals surface area contributed by atoms with Gasteiger partial charge in [-0.1, -0.05) is 30.3 Å². The largest absolute Gasteiger partial charge is 0.477 e. The number of pyridine rings is 1. The van der Waals surface area contributed by atoms with Gasteiger partial charge in [-0.2, -0.15) is 0 Å². The van der Waals surface area contributed by atoms with Crippen LogP contribution in [0.3, 0.4) is 0 Å². The smallest absolute Gasteiger partial charge is 0.354 e. The molecule has 0 saturated carbocycles. The van der Waals surface area contributed by atoms with Crippen molar-refractivity contribution in [2.24, 2.45) is 0 Å². The lowest BCUT2D eigenvalue weighted by molar-refractivity contribution is 0.0690. The lowest BCUT2D eigenvalue weighted by Crippen LogP contribution is -2.00. The second kappa shape index (κ2) is 5.97. The fourth-order valence-electron chi connectivity index (χ4n) is 2.10. The van der Waals surface area contributed by atoms with Crippen LogP contribution in [0.15, 0.2) is 65.7 Å². The van der Waals surface area contributed by atoms with Gasteiger partial charge in [0.05, 0.1) is 0 Å². The summed E-state index contributed by atoms with van der Waals surface area (Å²) in [5.41, 5.74) is 1.05. The maximum absolute atomic E-state index is 10.9. The summed E-state index contributed by atoms with van der Waals surface area (Å²) in [5, 5.41) is 11.4. The Labute approximate surface area is 126 Å². The van der Waals surface area contributed by atoms with Gasteiger partial charge < -0.3 is 5.11 Å². The van der Waals surface area contributed by atoms with Gasteiger partial charge in [0, 0.05) is 16.8 Å². The molecule has 0 fully saturated rings. The molecule has 21 heavy (non-hydrogen) atoms. The molecule has 0 unspecified atom stereocenters. The van der Waals surface area contributed by atoms with E-state index in [1.54, 1.807) is 24.0 Å². The predicted molar refractivity (Wildman–Crippen MR) is 84.7 cm³/mol. The molecule has 0 radical (unpaired) electrons. The molecule has 0 aliphatic carbocycles. The molecule has 4 heteroatoms. The van der Waals surface area contributed by atoms with E-state index in [2.05, 4.69) is 35.3 Å². The zero-order chi connectivity index (χ0) is 14.7. The number of thioether (sulfide) groups is 1. The molecule has 0 amide bonds. The standard InChI is InChI=1S/C17H13NO2S/c19-17(20)16-9-12(7-8-18-16)11-21-15-6-5-13-3-1-2-4-14(13)10-15/h1-10H,11H2,(H,19,20). The second-order valence-electron chi connectivity index (χ2n) is 4.65. The predicted octanol–water partition coefficient (Wildman–Crippen LogP) is 4.23. The van der Waals surface area contributed by atoms with Gasteiger partial charge in [0.15, 0.2) is 0 Å². The topological polar surface area (TPSA) is 50.2 Å². The molecule has 3 rings (SSSR count). The maximum atomic E-state index is 10.9. The first-order valence-electron chi connectivity index (χ1n) is 6.52. The molecule has 104 valence electrons. The van der Waals surface area contributed by atoms with E-state index in [9.17, 15) is 4.79 Å². The minimum atomic E-state index is -0.993. The van der Waals surface area contributed by atoms with Crippen molar-refractivity contribution in [3.05, 3.63) is 72.1 Å². The summed E-state index contributed by atoms with van der Waals surface area (Å²) in [7, 11) is 0. The molecule has 0 spiro atoms. The van der Waals surface area contributed by atoms with Crippen LogP contribution in [-0.4, -0.2) is 16.1 Å². The Hall–Kier alpha value is -2.33. The summed E-state index contributed by atoms with van der Waals surface area (Å²) in [6.07, 6.45) is 1.54. The van der Waals surface area contributed by atoms with Crippen molar-refractivity contribution in [1.29, 1.82) is 0 Å². The number of fused-ring (bicyclic) bond motifs is 1. The van der Waals surface area contributed by atoms with Crippen molar-refractivity contribution in [1.82, 2.24) is 4.98 Å². The number of carbonyl (C=O) groups is 1. The number of aromatic carboxylic acids is 1. The van der Waals surface area contributed by atoms with Crippen LogP contribution in [0.25, 0.3) is 10.8 Å². The zero-order valence-corrected chi connectivity index (χ0v) is 12.0. The summed E-state index contributed by atoms with van der Waals surface area (Å²) in [5.74, 6) is -0.270. The van der Waals surface area contributed by atoms with E-state index in [-0.39, 0.29) is 5.69 Å². The Bertz CT molecular complexity index is 801. The van der Waals surface area contributed by atoms with Crippen LogP contribution < -0.4 is 0 Å². The molecule has 1 heterocycles. The van der Waals surface area contributed by atoms with Crippen LogP contribution in [0.4, 0.5) is 0 Å². The van der Waals surface area contributed by atoms with Gasteiger partial charge in [-0.05, 0) is 40.6 Å². The van der Waals surface area contributed by atoms with Crippen molar-refractivity contribution in [2.45, 2.75) is 10.6 Å². The zero-order valence-electron chi connectivity index (χ0n) is 11.2. The van der Waals surface area contributed by atoms with Crippen molar-refractivity contribution >= 4 is 28.5 Å². The SMILES string of the molecule is O=C(O)c1cc(CSc2ccc3ccccc3c2)ccn1. The van der Waals surface area contributed by atoms with Crippen molar-refractivity contribution in [3.8, 4) is 0 Å². The Morgan fingerprint density at radius 3 is 2.67 bits per heavy atom. The number of rotatable bonds is 4. The van der Waals surface area contributed by atoms with Crippen LogP contribution >= 0.6 is 11.8 Å². The Morgan fingerprint density at radius 2 is 1.86 bits per heavy atom. The molecule has 1 aromatic heterocycles. The monoisotopic (exact) mass is 295 g/mol. The summed E-state index contributed by atoms with van der Waals surface area (Å²) >= 11 is 1.69. The van der Waals surface area contributed by atoms with E-state index >= 15 is 0 Å². The molecule has 2 aromatic carbocycles. The fourth-order valence-corrected chi connectivity index (χ4v) is 2.99. The number of hydrogen-bond donors (Lipinski definition) is 1. The molecule has 0 atom stereocenters. The average molecular weight is 295 g/mol. The average Bonchev–Trinajstić information content (AvgIpc) is 2.53. The molecule has 0 bridgehead atoms. The van der Waals surface area contributed by atoms with E-state index in [0.29, 0.717) is 0 Å². The minimum absolute atomic E-state index is 0.0895. The van der Waals surface area contributed by atoms with Crippen LogP contribution in [0, 0.1) is 0 Å². The first-order valence-corrected chi connectivity index (χ1v) is 7.51. The Morgan fingerprint density at radius 1 is 1.05 bits per heavy atom. The molecular formula is C17H13NO2S. The second-order valence-corrected chi connectivity index (χ2v) is 5.70. The van der Waals surface area contributed by atoms with Crippen molar-refractivity contribution in [3.63, 3.8) is 0 Å². The summed E-state index contributed by atoms with van der Waals surface area (Å²) in [6.45, 7) is 0. The lowest BCUT2D eigenvalue weighted by Gasteiger charge is -2.04. The van der Waals surface area contributed by atoms with Gasteiger partial charge in [-0.3, -0.25) is 0 Å². The highest BCUT2D eigenvalue weighted by Crippen LogP contribution is 2.26. The van der Waals surface area contributed by atoms with Crippen LogP contribution in [0.5, 0.6) is 0 Å². The van der Waals surface area contributed by atoms with E-state index < -0.39 is 5.97 Å². The first-order chi connectivity index (χ1) is 10.2. The Kier molecular flexibility index (Phi) is 3.88. The van der Waals surface area contributed by atoms with Gasteiger partial charge in [-0.15, -0.1) is 11.8 Å². The minimum Gasteiger partial charge on any atom is -0.477 e. The summed E-state index contributed by atoms with van der Waals surface area (Å²) < 4.78 is 0. The van der Waals surface area contributed by atoms with Gasteiger partial charge >= 0.3 is 5.97 Å². The highest BCUT2D eigenvalue weighted by Gasteiger charge is 2.05. The third-order valence-corrected chi connectivity index (χ3v) is 4.23. The van der Waals surface area contributed by atoms with Gasteiger partial charge in [0.2, 0.25) is 0 Å². The number of aromatic nitrogens is 1. The van der Waals surface area contributed by atoms with Crippen molar-refractivity contribution < 1.29 is 9.90 Å². The van der Waals surface area contributed by atoms with Crippen molar-refractivity contribution in [2.75, 3.05) is 0 Å². The number of benzene rings is 2. The molecule has 1 N–H and O–H groups in total. The lowest BCUT2D eigenvalue weighted by atomic mass is 10.1. The molecule has 0 saturated heterocycles. The molecule has 3 nitrogen and oxygen atoms in total. The highest BCUT2D eigenvalue weighted by atomic mass is 32.2. The van der Waals surface area contributed by atoms with Crippen LogP contribution in [-0.2, 0) is 5.75 Å². The number of nitrogens with zero attached hydrogens (tertiary/aromatic N) is 1. The van der Waals surface area contributed by atoms with E-state index in [0.717, 1.165) is 11.3 Å². The fraction of sp³-hybridized carbons (Fsp3) is 0.0588. The van der Waals surface area contributed by atoms with Gasteiger partial charge in [0.25, 0.3) is 0 Å². The van der Waals surface area contributed by atoms with Gasteiger partial charge in [-0.25, -0.2) is 9.78 Å². The summed E-state index contributed by atoms with van der Waals surface area (Å²) in [6, 6.07) is 18.0. The highest BCUT2D eigenvalue weighted by molar-refractivity contribution is 7.98. The number of carboxylic acid groups (broad SMARTS) is 1. The van der Waals surface area contributed by atoms with E-state index in [1.807, 2.05) is 18.2 Å². The normalized spacial score (nSPS) is 10.7. The molecule has 0 aliphatic heterocycles. The Balaban J connectivity index is 1.77. The van der Waals surface area contributed by atoms with E-state index in [4.69, 9.17) is 5.11 Å². The van der Waals surface area contributed by atoms with Crippen LogP contribution in [0.1, 0.15) is 16.1 Å². The molecule has 0 aliphatic rings. The number of carboxylic acids is 1. The van der Waals surface area contributed by atoms with Gasteiger partial charge in [0.1, 0.15) is 5.69 Å². The summed E-state index contributed by atoms with van der Waals surface area (Å²) in [4.78, 5) is 15.9. The van der Waals surface area contributed by atoms with Crippen LogP contribution in [0.2, 0.25) is 0 Å². The quantitative estimate of drug-likeness (QED) is 0.732. The first kappa shape index (κ1) is 13.6. The number of hydrogen-bond acceptors (Lipinski definition) is 3. The third-order valence-electron chi connectivity index (χ3n) is 3.17. The maximum Gasteiger partial charge on any atom is 0.354 e. The van der Waals surface area contributed by atoms with E-state index in [1.165, 1.54) is 15.7 Å².